The first-order valence-corrected chi connectivity index (χ1v) is 8.30. The van der Waals surface area contributed by atoms with Crippen LogP contribution in [0.15, 0.2) is 24.3 Å². The van der Waals surface area contributed by atoms with Gasteiger partial charge in [-0.2, -0.15) is 0 Å². The molecule has 0 amide bonds. The summed E-state index contributed by atoms with van der Waals surface area (Å²) < 4.78 is 0. The second-order valence-electron chi connectivity index (χ2n) is 6.86. The molecule has 2 nitrogen and oxygen atoms in total. The van der Waals surface area contributed by atoms with Crippen molar-refractivity contribution in [3.05, 3.63) is 35.4 Å². The highest BCUT2D eigenvalue weighted by Gasteiger charge is 2.35. The zero-order valence-corrected chi connectivity index (χ0v) is 12.6. The molecule has 0 radical (unpaired) electrons. The average Bonchev–Trinajstić information content (AvgIpc) is 2.52. The summed E-state index contributed by atoms with van der Waals surface area (Å²) in [4.78, 5) is 2.64. The van der Waals surface area contributed by atoms with Crippen molar-refractivity contribution in [2.24, 2.45) is 11.1 Å². The highest BCUT2D eigenvalue weighted by Crippen LogP contribution is 2.44. The largest absolute Gasteiger partial charge is 0.326 e. The van der Waals surface area contributed by atoms with Gasteiger partial charge >= 0.3 is 0 Å². The summed E-state index contributed by atoms with van der Waals surface area (Å²) >= 11 is 0. The van der Waals surface area contributed by atoms with E-state index < -0.39 is 0 Å². The van der Waals surface area contributed by atoms with Gasteiger partial charge in [-0.1, -0.05) is 43.5 Å². The zero-order chi connectivity index (χ0) is 13.8. The molecule has 1 heterocycles. The Morgan fingerprint density at radius 1 is 0.850 bits per heavy atom. The first-order chi connectivity index (χ1) is 9.80. The molecule has 1 spiro atoms. The molecule has 3 rings (SSSR count). The number of piperidine rings is 1. The summed E-state index contributed by atoms with van der Waals surface area (Å²) in [7, 11) is 0. The summed E-state index contributed by atoms with van der Waals surface area (Å²) in [5.41, 5.74) is 9.04. The molecule has 0 aromatic heterocycles. The van der Waals surface area contributed by atoms with E-state index in [-0.39, 0.29) is 0 Å². The van der Waals surface area contributed by atoms with Crippen LogP contribution in [-0.2, 0) is 13.1 Å². The molecule has 0 atom stereocenters. The highest BCUT2D eigenvalue weighted by atomic mass is 15.1. The van der Waals surface area contributed by atoms with Gasteiger partial charge in [-0.05, 0) is 55.3 Å². The number of hydrogen-bond acceptors (Lipinski definition) is 2. The number of nitrogens with two attached hydrogens (primary N) is 1. The molecule has 1 aromatic carbocycles. The lowest BCUT2D eigenvalue weighted by Crippen LogP contribution is -2.40. The summed E-state index contributed by atoms with van der Waals surface area (Å²) in [5.74, 6) is 0. The van der Waals surface area contributed by atoms with Crippen LogP contribution in [0.5, 0.6) is 0 Å². The van der Waals surface area contributed by atoms with E-state index >= 15 is 0 Å². The lowest BCUT2D eigenvalue weighted by Gasteiger charge is -2.44. The van der Waals surface area contributed by atoms with E-state index in [4.69, 9.17) is 5.73 Å². The molecule has 1 saturated carbocycles. The molecule has 1 aromatic rings. The van der Waals surface area contributed by atoms with Crippen molar-refractivity contribution < 1.29 is 0 Å². The van der Waals surface area contributed by atoms with Crippen LogP contribution in [0, 0.1) is 5.41 Å². The van der Waals surface area contributed by atoms with Gasteiger partial charge in [0.15, 0.2) is 0 Å². The molecule has 0 unspecified atom stereocenters. The van der Waals surface area contributed by atoms with Crippen molar-refractivity contribution in [2.75, 3.05) is 13.1 Å². The predicted molar refractivity (Wildman–Crippen MR) is 84.4 cm³/mol. The van der Waals surface area contributed by atoms with Crippen molar-refractivity contribution in [1.29, 1.82) is 0 Å². The summed E-state index contributed by atoms with van der Waals surface area (Å²) in [6, 6.07) is 8.82. The van der Waals surface area contributed by atoms with E-state index in [2.05, 4.69) is 29.2 Å². The van der Waals surface area contributed by atoms with Crippen molar-refractivity contribution in [1.82, 2.24) is 4.90 Å². The van der Waals surface area contributed by atoms with E-state index in [9.17, 15) is 0 Å². The molecule has 1 aliphatic heterocycles. The van der Waals surface area contributed by atoms with Gasteiger partial charge in [0.25, 0.3) is 0 Å². The fraction of sp³-hybridized carbons (Fsp3) is 0.667. The maximum absolute atomic E-state index is 5.65. The number of rotatable bonds is 3. The van der Waals surface area contributed by atoms with Gasteiger partial charge in [0.05, 0.1) is 0 Å². The van der Waals surface area contributed by atoms with Crippen LogP contribution in [-0.4, -0.2) is 18.0 Å². The standard InChI is InChI=1S/C18H28N2/c19-14-16-4-6-17(7-5-16)15-20-12-10-18(11-13-20)8-2-1-3-9-18/h4-7H,1-3,8-15,19H2. The van der Waals surface area contributed by atoms with Crippen LogP contribution < -0.4 is 5.73 Å². The minimum atomic E-state index is 0.645. The van der Waals surface area contributed by atoms with Gasteiger partial charge in [-0.25, -0.2) is 0 Å². The Morgan fingerprint density at radius 2 is 1.45 bits per heavy atom. The first kappa shape index (κ1) is 14.1. The van der Waals surface area contributed by atoms with Crippen molar-refractivity contribution >= 4 is 0 Å². The lowest BCUT2D eigenvalue weighted by molar-refractivity contribution is 0.0641. The Balaban J connectivity index is 1.52. The van der Waals surface area contributed by atoms with Gasteiger partial charge in [-0.15, -0.1) is 0 Å². The van der Waals surface area contributed by atoms with E-state index in [1.54, 1.807) is 0 Å². The van der Waals surface area contributed by atoms with E-state index in [1.807, 2.05) is 0 Å². The zero-order valence-electron chi connectivity index (χ0n) is 12.6. The summed E-state index contributed by atoms with van der Waals surface area (Å²) in [6.07, 6.45) is 10.2. The third kappa shape index (κ3) is 3.24. The predicted octanol–water partition coefficient (Wildman–Crippen LogP) is 3.69. The molecular formula is C18H28N2. The monoisotopic (exact) mass is 272 g/mol. The molecule has 1 saturated heterocycles. The Labute approximate surface area is 123 Å². The number of hydrogen-bond donors (Lipinski definition) is 1. The summed E-state index contributed by atoms with van der Waals surface area (Å²) in [6.45, 7) is 4.34. The van der Waals surface area contributed by atoms with Crippen molar-refractivity contribution in [2.45, 2.75) is 58.0 Å². The SMILES string of the molecule is NCc1ccc(CN2CCC3(CCCCC3)CC2)cc1. The van der Waals surface area contributed by atoms with Crippen molar-refractivity contribution in [3.8, 4) is 0 Å². The van der Waals surface area contributed by atoms with Crippen LogP contribution in [0.4, 0.5) is 0 Å². The minimum Gasteiger partial charge on any atom is -0.326 e. The topological polar surface area (TPSA) is 29.3 Å². The smallest absolute Gasteiger partial charge is 0.0233 e. The first-order valence-electron chi connectivity index (χ1n) is 8.30. The minimum absolute atomic E-state index is 0.645. The van der Waals surface area contributed by atoms with E-state index in [1.165, 1.54) is 69.2 Å². The Hall–Kier alpha value is -0.860. The van der Waals surface area contributed by atoms with Crippen LogP contribution in [0.1, 0.15) is 56.1 Å². The number of nitrogens with zero attached hydrogens (tertiary/aromatic N) is 1. The Kier molecular flexibility index (Phi) is 4.42. The molecule has 2 heteroatoms. The molecule has 2 N–H and O–H groups in total. The fourth-order valence-corrected chi connectivity index (χ4v) is 4.03. The quantitative estimate of drug-likeness (QED) is 0.909. The van der Waals surface area contributed by atoms with Gasteiger partial charge in [-0.3, -0.25) is 4.90 Å². The lowest BCUT2D eigenvalue weighted by atomic mass is 9.68. The van der Waals surface area contributed by atoms with Gasteiger partial charge in [0.1, 0.15) is 0 Å². The normalized spacial score (nSPS) is 23.1. The molecule has 2 fully saturated rings. The number of benzene rings is 1. The van der Waals surface area contributed by atoms with E-state index in [0.717, 1.165) is 12.0 Å². The Bertz CT molecular complexity index is 408. The van der Waals surface area contributed by atoms with Crippen LogP contribution in [0.2, 0.25) is 0 Å². The van der Waals surface area contributed by atoms with Crippen LogP contribution in [0.3, 0.4) is 0 Å². The molecular weight excluding hydrogens is 244 g/mol. The van der Waals surface area contributed by atoms with Gasteiger partial charge in [0, 0.05) is 13.1 Å². The summed E-state index contributed by atoms with van der Waals surface area (Å²) in [5, 5.41) is 0. The maximum Gasteiger partial charge on any atom is 0.0233 e. The van der Waals surface area contributed by atoms with Crippen LogP contribution >= 0.6 is 0 Å². The fourth-order valence-electron chi connectivity index (χ4n) is 4.03. The molecule has 1 aliphatic carbocycles. The van der Waals surface area contributed by atoms with Gasteiger partial charge in [0.2, 0.25) is 0 Å². The molecule has 20 heavy (non-hydrogen) atoms. The van der Waals surface area contributed by atoms with Gasteiger partial charge < -0.3 is 5.73 Å². The second-order valence-corrected chi connectivity index (χ2v) is 6.86. The third-order valence-electron chi connectivity index (χ3n) is 5.50. The molecule has 2 aliphatic rings. The third-order valence-corrected chi connectivity index (χ3v) is 5.50. The Morgan fingerprint density at radius 3 is 2.05 bits per heavy atom. The van der Waals surface area contributed by atoms with E-state index in [0.29, 0.717) is 6.54 Å². The highest BCUT2D eigenvalue weighted by molar-refractivity contribution is 5.22. The van der Waals surface area contributed by atoms with Crippen LogP contribution in [0.25, 0.3) is 0 Å². The van der Waals surface area contributed by atoms with Crippen molar-refractivity contribution in [3.63, 3.8) is 0 Å². The molecule has 0 bridgehead atoms. The maximum atomic E-state index is 5.65. The second kappa shape index (κ2) is 6.28. The average molecular weight is 272 g/mol. The number of likely N-dealkylation sites (tertiary alicyclic amines) is 1. The molecule has 110 valence electrons.